The molecule has 29 heteroatoms. The molecule has 7 amide bonds. The number of guanidine groups is 2. The minimum atomic E-state index is -1.78. The molecule has 0 radical (unpaired) electrons. The fourth-order valence-corrected chi connectivity index (χ4v) is 5.94. The number of aromatic nitrogens is 2. The highest BCUT2D eigenvalue weighted by Gasteiger charge is 2.35. The van der Waals surface area contributed by atoms with Crippen molar-refractivity contribution in [1.29, 1.82) is 0 Å². The van der Waals surface area contributed by atoms with Crippen LogP contribution in [0.3, 0.4) is 0 Å². The molecule has 0 saturated heterocycles. The molecule has 0 unspecified atom stereocenters. The lowest BCUT2D eigenvalue weighted by molar-refractivity contribution is -0.143. The molecular formula is C38H66N16O13. The molecule has 0 saturated carbocycles. The number of carbonyl (C=O) groups is 9. The standard InChI is InChI=1S/C38H66N16O13/c1-17(2)11-23(33(63)54-28(19(4)56)35(65)49-22(36(66)67)8-6-10-46-38(42)43)52-31(61)24(12-20-14-44-16-47-20)50-29(59)18(3)48-34(64)26(15-55)53-32(62)25(13-27(57)58)51-30(60)21(39)7-5-9-45-37(40)41/h14,16-19,21-26,28,55-56H,5-13,15,39H2,1-4H3,(H,44,47)(H,48,64)(H,49,65)(H,50,59)(H,51,60)(H,52,61)(H,53,62)(H,54,63)(H,57,58)(H,66,67)(H4,40,41,45)(H4,42,43,46)/t18-,19+,21-,22-,23-,24-,25-,26-,28-/m0/s1. The first-order valence-electron chi connectivity index (χ1n) is 21.1. The fraction of sp³-hybridized carbons (Fsp3) is 0.632. The number of rotatable bonds is 31. The monoisotopic (exact) mass is 954 g/mol. The van der Waals surface area contributed by atoms with Crippen LogP contribution in [0, 0.1) is 5.92 Å². The van der Waals surface area contributed by atoms with E-state index in [1.165, 1.54) is 26.4 Å². The Hall–Kier alpha value is -7.14. The summed E-state index contributed by atoms with van der Waals surface area (Å²) in [5, 5.41) is 55.7. The first-order chi connectivity index (χ1) is 31.4. The van der Waals surface area contributed by atoms with Crippen molar-refractivity contribution >= 4 is 65.2 Å². The highest BCUT2D eigenvalue weighted by molar-refractivity contribution is 5.98. The molecule has 0 aromatic carbocycles. The number of aliphatic hydroxyl groups excluding tert-OH is 2. The molecule has 1 aromatic rings. The van der Waals surface area contributed by atoms with Crippen LogP contribution in [0.15, 0.2) is 22.5 Å². The number of amides is 7. The van der Waals surface area contributed by atoms with E-state index in [9.17, 15) is 63.6 Å². The number of carboxylic acid groups (broad SMARTS) is 2. The molecule has 0 spiro atoms. The number of carbonyl (C=O) groups excluding carboxylic acids is 7. The molecule has 1 heterocycles. The first-order valence-corrected chi connectivity index (χ1v) is 21.1. The molecular weight excluding hydrogens is 889 g/mol. The van der Waals surface area contributed by atoms with Gasteiger partial charge in [0.2, 0.25) is 41.4 Å². The maximum Gasteiger partial charge on any atom is 0.326 e. The number of aliphatic carboxylic acids is 2. The van der Waals surface area contributed by atoms with Crippen molar-refractivity contribution < 1.29 is 63.6 Å². The van der Waals surface area contributed by atoms with Gasteiger partial charge < -0.3 is 91.3 Å². The summed E-state index contributed by atoms with van der Waals surface area (Å²) in [7, 11) is 0. The zero-order valence-corrected chi connectivity index (χ0v) is 37.7. The topological polar surface area (TPSA) is 502 Å². The minimum Gasteiger partial charge on any atom is -0.481 e. The Balaban J connectivity index is 3.17. The van der Waals surface area contributed by atoms with Crippen molar-refractivity contribution in [3.63, 3.8) is 0 Å². The van der Waals surface area contributed by atoms with Crippen molar-refractivity contribution in [2.75, 3.05) is 19.7 Å². The lowest BCUT2D eigenvalue weighted by atomic mass is 10.0. The normalized spacial score (nSPS) is 15.0. The van der Waals surface area contributed by atoms with Crippen LogP contribution in [0.4, 0.5) is 0 Å². The van der Waals surface area contributed by atoms with Crippen LogP contribution in [-0.4, -0.2) is 170 Å². The number of aromatic amines is 1. The Kier molecular flexibility index (Phi) is 25.4. The largest absolute Gasteiger partial charge is 0.481 e. The van der Waals surface area contributed by atoms with Crippen LogP contribution in [0.1, 0.15) is 71.9 Å². The molecule has 22 N–H and O–H groups in total. The van der Waals surface area contributed by atoms with Crippen LogP contribution in [-0.2, 0) is 49.6 Å². The van der Waals surface area contributed by atoms with Crippen molar-refractivity contribution in [3.8, 4) is 0 Å². The average Bonchev–Trinajstić information content (AvgIpc) is 3.75. The van der Waals surface area contributed by atoms with Gasteiger partial charge in [-0.1, -0.05) is 13.8 Å². The van der Waals surface area contributed by atoms with Gasteiger partial charge in [-0.25, -0.2) is 9.78 Å². The minimum absolute atomic E-state index is 0.0236. The van der Waals surface area contributed by atoms with Gasteiger partial charge in [0, 0.05) is 31.4 Å². The van der Waals surface area contributed by atoms with Gasteiger partial charge in [0.25, 0.3) is 0 Å². The third kappa shape index (κ3) is 22.6. The number of carboxylic acids is 2. The Bertz CT molecular complexity index is 1890. The van der Waals surface area contributed by atoms with Gasteiger partial charge in [0.15, 0.2) is 11.9 Å². The van der Waals surface area contributed by atoms with Gasteiger partial charge in [-0.2, -0.15) is 0 Å². The van der Waals surface area contributed by atoms with E-state index in [2.05, 4.69) is 57.2 Å². The summed E-state index contributed by atoms with van der Waals surface area (Å²) < 4.78 is 0. The quantitative estimate of drug-likeness (QED) is 0.0187. The maximum atomic E-state index is 13.9. The molecule has 0 aliphatic heterocycles. The Morgan fingerprint density at radius 3 is 1.67 bits per heavy atom. The van der Waals surface area contributed by atoms with Crippen molar-refractivity contribution in [2.45, 2.75) is 127 Å². The lowest BCUT2D eigenvalue weighted by Crippen LogP contribution is -2.61. The Morgan fingerprint density at radius 1 is 0.657 bits per heavy atom. The Labute approximate surface area is 385 Å². The number of hydrogen-bond donors (Lipinski definition) is 17. The molecule has 1 aromatic heterocycles. The maximum absolute atomic E-state index is 13.9. The molecule has 0 aliphatic rings. The predicted molar refractivity (Wildman–Crippen MR) is 237 cm³/mol. The van der Waals surface area contributed by atoms with Gasteiger partial charge in [-0.05, 0) is 51.9 Å². The van der Waals surface area contributed by atoms with E-state index in [0.717, 1.165) is 0 Å². The van der Waals surface area contributed by atoms with E-state index >= 15 is 0 Å². The number of nitrogens with one attached hydrogen (secondary N) is 8. The number of imidazole rings is 1. The van der Waals surface area contributed by atoms with Crippen LogP contribution in [0.25, 0.3) is 0 Å². The van der Waals surface area contributed by atoms with Crippen molar-refractivity contribution in [2.24, 2.45) is 44.6 Å². The zero-order chi connectivity index (χ0) is 51.0. The summed E-state index contributed by atoms with van der Waals surface area (Å²) in [4.78, 5) is 131. The van der Waals surface area contributed by atoms with E-state index in [1.807, 2.05) is 0 Å². The smallest absolute Gasteiger partial charge is 0.326 e. The van der Waals surface area contributed by atoms with Crippen molar-refractivity contribution in [3.05, 3.63) is 18.2 Å². The second-order valence-corrected chi connectivity index (χ2v) is 15.8. The summed E-state index contributed by atoms with van der Waals surface area (Å²) >= 11 is 0. The second-order valence-electron chi connectivity index (χ2n) is 15.8. The molecule has 376 valence electrons. The molecule has 67 heavy (non-hydrogen) atoms. The number of nitrogens with two attached hydrogens (primary N) is 5. The van der Waals surface area contributed by atoms with Crippen LogP contribution >= 0.6 is 0 Å². The molecule has 0 fully saturated rings. The van der Waals surface area contributed by atoms with E-state index in [0.29, 0.717) is 5.69 Å². The van der Waals surface area contributed by atoms with Crippen LogP contribution in [0.5, 0.6) is 0 Å². The third-order valence-electron chi connectivity index (χ3n) is 9.46. The summed E-state index contributed by atoms with van der Waals surface area (Å²) in [5.41, 5.74) is 27.3. The van der Waals surface area contributed by atoms with Gasteiger partial charge in [-0.3, -0.25) is 48.3 Å². The fourth-order valence-electron chi connectivity index (χ4n) is 5.94. The summed E-state index contributed by atoms with van der Waals surface area (Å²) in [5.74, 6) is -10.7. The number of hydrogen-bond acceptors (Lipinski definition) is 15. The summed E-state index contributed by atoms with van der Waals surface area (Å²) in [6.07, 6.45) is 0.275. The van der Waals surface area contributed by atoms with Crippen LogP contribution in [0.2, 0.25) is 0 Å². The van der Waals surface area contributed by atoms with E-state index < -0.39 is 121 Å². The Morgan fingerprint density at radius 2 is 1.16 bits per heavy atom. The molecule has 29 nitrogen and oxygen atoms in total. The van der Waals surface area contributed by atoms with E-state index in [1.54, 1.807) is 13.8 Å². The highest BCUT2D eigenvalue weighted by Crippen LogP contribution is 2.10. The number of aliphatic imine (C=N–C) groups is 2. The van der Waals surface area contributed by atoms with E-state index in [-0.39, 0.29) is 69.5 Å². The van der Waals surface area contributed by atoms with E-state index in [4.69, 9.17) is 28.7 Å². The predicted octanol–water partition coefficient (Wildman–Crippen LogP) is -7.22. The molecule has 0 bridgehead atoms. The SMILES string of the molecule is CC(C)C[C@H](NC(=O)[C@H](Cc1cnc[nH]1)NC(=O)[C@H](C)NC(=O)[C@H](CO)NC(=O)[C@H](CC(=O)O)NC(=O)[C@@H](N)CCCN=C(N)N)C(=O)N[C@H](C(=O)N[C@@H](CCCN=C(N)N)C(=O)O)[C@@H](C)O. The van der Waals surface area contributed by atoms with Crippen molar-refractivity contribution in [1.82, 2.24) is 47.2 Å². The number of aliphatic hydroxyl groups is 2. The molecule has 0 aliphatic carbocycles. The summed E-state index contributed by atoms with van der Waals surface area (Å²) in [6, 6.07) is -12.2. The van der Waals surface area contributed by atoms with Gasteiger partial charge >= 0.3 is 11.9 Å². The number of H-pyrrole nitrogens is 1. The van der Waals surface area contributed by atoms with Gasteiger partial charge in [0.05, 0.1) is 31.5 Å². The third-order valence-corrected chi connectivity index (χ3v) is 9.46. The van der Waals surface area contributed by atoms with Crippen LogP contribution < -0.4 is 65.9 Å². The highest BCUT2D eigenvalue weighted by atomic mass is 16.4. The molecule has 1 rings (SSSR count). The molecule has 9 atom stereocenters. The zero-order valence-electron chi connectivity index (χ0n) is 37.7. The number of nitrogens with zero attached hydrogens (tertiary/aromatic N) is 3. The van der Waals surface area contributed by atoms with Gasteiger partial charge in [0.1, 0.15) is 42.3 Å². The lowest BCUT2D eigenvalue weighted by Gasteiger charge is -2.28. The second kappa shape index (κ2) is 29.4. The first kappa shape index (κ1) is 57.9. The average molecular weight is 955 g/mol. The summed E-state index contributed by atoms with van der Waals surface area (Å²) in [6.45, 7) is 4.98. The van der Waals surface area contributed by atoms with Gasteiger partial charge in [-0.15, -0.1) is 0 Å².